The van der Waals surface area contributed by atoms with Gasteiger partial charge >= 0.3 is 5.97 Å². The maximum Gasteiger partial charge on any atom is 0.306 e. The summed E-state index contributed by atoms with van der Waals surface area (Å²) >= 11 is 1.82. The normalized spacial score (nSPS) is 19.4. The molecule has 16 heavy (non-hydrogen) atoms. The topological polar surface area (TPSA) is 38.7 Å². The lowest BCUT2D eigenvalue weighted by Gasteiger charge is -2.17. The highest BCUT2D eigenvalue weighted by atomic mass is 32.2. The minimum absolute atomic E-state index is 0.117. The number of nitrogens with zero attached hydrogens (tertiary/aromatic N) is 1. The van der Waals surface area contributed by atoms with Crippen molar-refractivity contribution in [1.29, 1.82) is 0 Å². The van der Waals surface area contributed by atoms with Crippen LogP contribution in [0.5, 0.6) is 0 Å². The summed E-state index contributed by atoms with van der Waals surface area (Å²) in [6.45, 7) is 2.14. The molecule has 0 N–H and O–H groups in total. The summed E-state index contributed by atoms with van der Waals surface area (Å²) in [5.74, 6) is 2.48. The van der Waals surface area contributed by atoms with Crippen LogP contribution in [0, 0.1) is 5.92 Å². The first-order valence-electron chi connectivity index (χ1n) is 5.57. The van der Waals surface area contributed by atoms with Gasteiger partial charge in [0, 0.05) is 18.2 Å². The third-order valence-electron chi connectivity index (χ3n) is 2.71. The van der Waals surface area contributed by atoms with Crippen molar-refractivity contribution in [3.05, 3.63) is 11.8 Å². The molecule has 0 amide bonds. The summed E-state index contributed by atoms with van der Waals surface area (Å²) < 4.78 is 4.59. The third-order valence-corrected chi connectivity index (χ3v) is 3.72. The van der Waals surface area contributed by atoms with Gasteiger partial charge in [-0.3, -0.25) is 9.79 Å². The Bertz CT molecular complexity index is 287. The van der Waals surface area contributed by atoms with Crippen molar-refractivity contribution in [3.8, 4) is 0 Å². The number of allylic oxidation sites excluding steroid dienone is 1. The molecule has 1 heterocycles. The molecule has 0 radical (unpaired) electrons. The average Bonchev–Trinajstić information content (AvgIpc) is 2.30. The van der Waals surface area contributed by atoms with Gasteiger partial charge in [-0.25, -0.2) is 0 Å². The molecule has 0 saturated heterocycles. The van der Waals surface area contributed by atoms with Crippen LogP contribution in [-0.4, -0.2) is 30.8 Å². The monoisotopic (exact) mass is 241 g/mol. The standard InChI is InChI=1S/C12H19NO2S/c1-10-9-13-6-3-11(10)4-7-16-8-5-12(14)15-2/h6,9,11H,3-5,7-8H2,1-2H3. The fourth-order valence-corrected chi connectivity index (χ4v) is 2.55. The predicted octanol–water partition coefficient (Wildman–Crippen LogP) is 2.67. The maximum absolute atomic E-state index is 10.9. The van der Waals surface area contributed by atoms with Crippen LogP contribution in [0.3, 0.4) is 0 Å². The second-order valence-electron chi connectivity index (χ2n) is 3.86. The molecule has 0 aromatic rings. The van der Waals surface area contributed by atoms with Crippen molar-refractivity contribution in [2.75, 3.05) is 18.6 Å². The Kier molecular flexibility index (Phi) is 6.23. The van der Waals surface area contributed by atoms with Gasteiger partial charge in [0.15, 0.2) is 0 Å². The first-order chi connectivity index (χ1) is 7.74. The molecule has 3 nitrogen and oxygen atoms in total. The molecule has 0 spiro atoms. The van der Waals surface area contributed by atoms with Crippen LogP contribution < -0.4 is 0 Å². The van der Waals surface area contributed by atoms with E-state index < -0.39 is 0 Å². The Hall–Kier alpha value is -0.770. The zero-order chi connectivity index (χ0) is 11.8. The minimum Gasteiger partial charge on any atom is -0.469 e. The average molecular weight is 241 g/mol. The third kappa shape index (κ3) is 4.84. The Morgan fingerprint density at radius 1 is 1.62 bits per heavy atom. The van der Waals surface area contributed by atoms with Gasteiger partial charge in [-0.15, -0.1) is 0 Å². The number of esters is 1. The Balaban J connectivity index is 2.05. The van der Waals surface area contributed by atoms with Gasteiger partial charge in [0.25, 0.3) is 0 Å². The summed E-state index contributed by atoms with van der Waals surface area (Å²) in [5, 5.41) is 0. The number of thioether (sulfide) groups is 1. The number of hydrogen-bond acceptors (Lipinski definition) is 4. The lowest BCUT2D eigenvalue weighted by atomic mass is 9.94. The van der Waals surface area contributed by atoms with Gasteiger partial charge in [0.2, 0.25) is 0 Å². The molecule has 1 unspecified atom stereocenters. The van der Waals surface area contributed by atoms with Gasteiger partial charge in [0.1, 0.15) is 0 Å². The first-order valence-corrected chi connectivity index (χ1v) is 6.72. The largest absolute Gasteiger partial charge is 0.469 e. The maximum atomic E-state index is 10.9. The smallest absolute Gasteiger partial charge is 0.306 e. The minimum atomic E-state index is -0.117. The van der Waals surface area contributed by atoms with Crippen LogP contribution in [0.2, 0.25) is 0 Å². The molecule has 1 aliphatic heterocycles. The number of carbonyl (C=O) groups is 1. The van der Waals surface area contributed by atoms with E-state index in [1.54, 1.807) is 0 Å². The molecule has 1 atom stereocenters. The highest BCUT2D eigenvalue weighted by molar-refractivity contribution is 7.99. The van der Waals surface area contributed by atoms with E-state index in [9.17, 15) is 4.79 Å². The summed E-state index contributed by atoms with van der Waals surface area (Å²) in [6, 6.07) is 0. The van der Waals surface area contributed by atoms with Crippen molar-refractivity contribution in [3.63, 3.8) is 0 Å². The molecule has 0 aromatic carbocycles. The molecular formula is C12H19NO2S. The van der Waals surface area contributed by atoms with E-state index in [-0.39, 0.29) is 5.97 Å². The quantitative estimate of drug-likeness (QED) is 0.530. The van der Waals surface area contributed by atoms with Crippen LogP contribution in [0.25, 0.3) is 0 Å². The lowest BCUT2D eigenvalue weighted by molar-refractivity contribution is -0.140. The number of carbonyl (C=O) groups excluding carboxylic acids is 1. The number of methoxy groups -OCH3 is 1. The second-order valence-corrected chi connectivity index (χ2v) is 5.09. The molecular weight excluding hydrogens is 222 g/mol. The van der Waals surface area contributed by atoms with E-state index in [1.165, 1.54) is 19.1 Å². The van der Waals surface area contributed by atoms with Crippen LogP contribution in [0.4, 0.5) is 0 Å². The number of hydrogen-bond donors (Lipinski definition) is 0. The summed E-state index contributed by atoms with van der Waals surface area (Å²) in [7, 11) is 1.43. The molecule has 0 saturated carbocycles. The molecule has 90 valence electrons. The molecule has 1 rings (SSSR count). The van der Waals surface area contributed by atoms with Crippen LogP contribution in [0.1, 0.15) is 26.2 Å². The molecule has 0 fully saturated rings. The van der Waals surface area contributed by atoms with E-state index in [0.29, 0.717) is 12.3 Å². The van der Waals surface area contributed by atoms with Gasteiger partial charge in [-0.2, -0.15) is 11.8 Å². The van der Waals surface area contributed by atoms with Crippen molar-refractivity contribution in [2.45, 2.75) is 26.2 Å². The number of ether oxygens (including phenoxy) is 1. The zero-order valence-electron chi connectivity index (χ0n) is 9.94. The highest BCUT2D eigenvalue weighted by Crippen LogP contribution is 2.23. The molecule has 4 heteroatoms. The predicted molar refractivity (Wildman–Crippen MR) is 68.9 cm³/mol. The molecule has 1 aliphatic rings. The highest BCUT2D eigenvalue weighted by Gasteiger charge is 2.11. The molecule has 0 aromatic heterocycles. The molecule has 0 aliphatic carbocycles. The SMILES string of the molecule is COC(=O)CCSCCC1CC=NC=C1C. The van der Waals surface area contributed by atoms with Crippen LogP contribution in [-0.2, 0) is 9.53 Å². The summed E-state index contributed by atoms with van der Waals surface area (Å²) in [6.07, 6.45) is 6.67. The van der Waals surface area contributed by atoms with Crippen molar-refractivity contribution < 1.29 is 9.53 Å². The Morgan fingerprint density at radius 2 is 2.44 bits per heavy atom. The van der Waals surface area contributed by atoms with E-state index in [2.05, 4.69) is 16.7 Å². The zero-order valence-corrected chi connectivity index (χ0v) is 10.8. The fourth-order valence-electron chi connectivity index (χ4n) is 1.58. The Morgan fingerprint density at radius 3 is 3.12 bits per heavy atom. The van der Waals surface area contributed by atoms with E-state index >= 15 is 0 Å². The van der Waals surface area contributed by atoms with E-state index in [0.717, 1.165) is 17.9 Å². The van der Waals surface area contributed by atoms with Gasteiger partial charge in [-0.05, 0) is 31.4 Å². The Labute approximate surface area is 101 Å². The van der Waals surface area contributed by atoms with Crippen LogP contribution in [0.15, 0.2) is 16.8 Å². The van der Waals surface area contributed by atoms with E-state index in [1.807, 2.05) is 24.2 Å². The van der Waals surface area contributed by atoms with Crippen molar-refractivity contribution in [2.24, 2.45) is 10.9 Å². The second kappa shape index (κ2) is 7.49. The number of rotatable bonds is 6. The van der Waals surface area contributed by atoms with Gasteiger partial charge < -0.3 is 4.74 Å². The number of aliphatic imine (C=N–C) groups is 1. The fraction of sp³-hybridized carbons (Fsp3) is 0.667. The summed E-state index contributed by atoms with van der Waals surface area (Å²) in [5.41, 5.74) is 1.37. The van der Waals surface area contributed by atoms with Crippen LogP contribution >= 0.6 is 11.8 Å². The first kappa shape index (κ1) is 13.3. The molecule has 0 bridgehead atoms. The summed E-state index contributed by atoms with van der Waals surface area (Å²) in [4.78, 5) is 15.0. The van der Waals surface area contributed by atoms with E-state index in [4.69, 9.17) is 0 Å². The van der Waals surface area contributed by atoms with Crippen molar-refractivity contribution in [1.82, 2.24) is 0 Å². The lowest BCUT2D eigenvalue weighted by Crippen LogP contribution is -2.08. The van der Waals surface area contributed by atoms with Crippen molar-refractivity contribution >= 4 is 23.9 Å². The van der Waals surface area contributed by atoms with Gasteiger partial charge in [-0.1, -0.05) is 5.57 Å². The van der Waals surface area contributed by atoms with Gasteiger partial charge in [0.05, 0.1) is 13.5 Å².